The summed E-state index contributed by atoms with van der Waals surface area (Å²) in [7, 11) is 0. The number of morpholine rings is 1. The zero-order valence-corrected chi connectivity index (χ0v) is 10.2. The highest BCUT2D eigenvalue weighted by atomic mass is 32.2. The third-order valence-corrected chi connectivity index (χ3v) is 4.19. The molecule has 4 heteroatoms. The summed E-state index contributed by atoms with van der Waals surface area (Å²) in [5, 5.41) is 0. The molecule has 1 amide bonds. The van der Waals surface area contributed by atoms with Gasteiger partial charge in [0.25, 0.3) is 0 Å². The van der Waals surface area contributed by atoms with Crippen LogP contribution >= 0.6 is 11.8 Å². The molecule has 3 nitrogen and oxygen atoms in total. The lowest BCUT2D eigenvalue weighted by atomic mass is 10.0. The third-order valence-electron chi connectivity index (χ3n) is 2.86. The van der Waals surface area contributed by atoms with Crippen LogP contribution in [0.15, 0.2) is 0 Å². The number of hydrogen-bond donors (Lipinski definition) is 0. The smallest absolute Gasteiger partial charge is 0.219 e. The topological polar surface area (TPSA) is 29.5 Å². The van der Waals surface area contributed by atoms with Gasteiger partial charge in [-0.2, -0.15) is 11.8 Å². The van der Waals surface area contributed by atoms with Crippen LogP contribution in [0.2, 0.25) is 0 Å². The van der Waals surface area contributed by atoms with Crippen LogP contribution in [0.3, 0.4) is 0 Å². The van der Waals surface area contributed by atoms with Crippen molar-refractivity contribution in [3.63, 3.8) is 0 Å². The van der Waals surface area contributed by atoms with Gasteiger partial charge < -0.3 is 9.64 Å². The molecule has 1 rings (SSSR count). The molecule has 0 N–H and O–H groups in total. The van der Waals surface area contributed by atoms with Crippen LogP contribution in [0.5, 0.6) is 0 Å². The number of carbonyl (C=O) groups excluding carboxylic acids is 1. The lowest BCUT2D eigenvalue weighted by molar-refractivity contribution is -0.138. The van der Waals surface area contributed by atoms with E-state index in [1.807, 2.05) is 4.90 Å². The number of ether oxygens (including phenoxy) is 1. The summed E-state index contributed by atoms with van der Waals surface area (Å²) < 4.78 is 5.51. The van der Waals surface area contributed by atoms with E-state index in [1.165, 1.54) is 0 Å². The molecule has 1 saturated heterocycles. The molecule has 14 heavy (non-hydrogen) atoms. The predicted molar refractivity (Wildman–Crippen MR) is 59.6 cm³/mol. The molecule has 0 radical (unpaired) electrons. The van der Waals surface area contributed by atoms with Crippen LogP contribution in [0, 0.1) is 0 Å². The molecular weight excluding hydrogens is 198 g/mol. The van der Waals surface area contributed by atoms with E-state index in [-0.39, 0.29) is 16.7 Å². The number of carbonyl (C=O) groups is 1. The molecule has 0 bridgehead atoms. The van der Waals surface area contributed by atoms with E-state index < -0.39 is 0 Å². The Morgan fingerprint density at radius 2 is 2.21 bits per heavy atom. The zero-order valence-electron chi connectivity index (χ0n) is 9.37. The third kappa shape index (κ3) is 2.42. The number of nitrogens with zero attached hydrogens (tertiary/aromatic N) is 1. The van der Waals surface area contributed by atoms with Crippen molar-refractivity contribution in [3.05, 3.63) is 0 Å². The Labute approximate surface area is 90.2 Å². The van der Waals surface area contributed by atoms with E-state index in [9.17, 15) is 4.79 Å². The quantitative estimate of drug-likeness (QED) is 0.700. The van der Waals surface area contributed by atoms with Crippen molar-refractivity contribution in [3.8, 4) is 0 Å². The van der Waals surface area contributed by atoms with Crippen molar-refractivity contribution in [2.45, 2.75) is 31.6 Å². The summed E-state index contributed by atoms with van der Waals surface area (Å²) >= 11 is 1.78. The van der Waals surface area contributed by atoms with E-state index in [4.69, 9.17) is 4.74 Å². The lowest BCUT2D eigenvalue weighted by Gasteiger charge is -2.43. The second-order valence-corrected chi connectivity index (χ2v) is 5.57. The van der Waals surface area contributed by atoms with E-state index >= 15 is 0 Å². The first-order chi connectivity index (χ1) is 6.49. The Morgan fingerprint density at radius 1 is 1.57 bits per heavy atom. The lowest BCUT2D eigenvalue weighted by Crippen LogP contribution is -2.56. The fourth-order valence-electron chi connectivity index (χ4n) is 1.69. The molecular formula is C10H19NO2S. The SMILES string of the molecule is CSC(C)(C)C1COCCN1C(C)=O. The fourth-order valence-corrected chi connectivity index (χ4v) is 2.16. The second-order valence-electron chi connectivity index (χ2n) is 4.11. The van der Waals surface area contributed by atoms with E-state index in [0.29, 0.717) is 13.2 Å². The van der Waals surface area contributed by atoms with Gasteiger partial charge in [0, 0.05) is 18.2 Å². The summed E-state index contributed by atoms with van der Waals surface area (Å²) in [5.74, 6) is 0.153. The van der Waals surface area contributed by atoms with E-state index in [1.54, 1.807) is 18.7 Å². The van der Waals surface area contributed by atoms with Gasteiger partial charge in [-0.1, -0.05) is 0 Å². The summed E-state index contributed by atoms with van der Waals surface area (Å²) in [6.45, 7) is 8.01. The zero-order chi connectivity index (χ0) is 10.8. The van der Waals surface area contributed by atoms with Gasteiger partial charge in [0.2, 0.25) is 5.91 Å². The van der Waals surface area contributed by atoms with Gasteiger partial charge in [-0.15, -0.1) is 0 Å². The average molecular weight is 217 g/mol. The highest BCUT2D eigenvalue weighted by Crippen LogP contribution is 2.30. The highest BCUT2D eigenvalue weighted by Gasteiger charge is 2.37. The van der Waals surface area contributed by atoms with Gasteiger partial charge in [0.15, 0.2) is 0 Å². The van der Waals surface area contributed by atoms with Crippen molar-refractivity contribution in [2.24, 2.45) is 0 Å². The van der Waals surface area contributed by atoms with E-state index in [0.717, 1.165) is 6.54 Å². The molecule has 0 aromatic rings. The fraction of sp³-hybridized carbons (Fsp3) is 0.900. The van der Waals surface area contributed by atoms with Crippen molar-refractivity contribution in [1.82, 2.24) is 4.90 Å². The molecule has 1 aliphatic rings. The van der Waals surface area contributed by atoms with Gasteiger partial charge in [-0.25, -0.2) is 0 Å². The van der Waals surface area contributed by atoms with Crippen LogP contribution in [0.1, 0.15) is 20.8 Å². The minimum Gasteiger partial charge on any atom is -0.377 e. The molecule has 0 aliphatic carbocycles. The van der Waals surface area contributed by atoms with Gasteiger partial charge in [-0.05, 0) is 20.1 Å². The van der Waals surface area contributed by atoms with Crippen molar-refractivity contribution in [1.29, 1.82) is 0 Å². The summed E-state index contributed by atoms with van der Waals surface area (Å²) in [5.41, 5.74) is 0. The molecule has 0 aromatic heterocycles. The minimum absolute atomic E-state index is 0.0616. The molecule has 1 heterocycles. The van der Waals surface area contributed by atoms with Crippen LogP contribution in [-0.4, -0.2) is 47.6 Å². The Balaban J connectivity index is 2.77. The molecule has 1 unspecified atom stereocenters. The van der Waals surface area contributed by atoms with Gasteiger partial charge in [-0.3, -0.25) is 4.79 Å². The standard InChI is InChI=1S/C10H19NO2S/c1-8(12)11-5-6-13-7-9(11)10(2,3)14-4/h9H,5-7H2,1-4H3. The van der Waals surface area contributed by atoms with Crippen LogP contribution in [0.25, 0.3) is 0 Å². The molecule has 0 aromatic carbocycles. The summed E-state index contributed by atoms with van der Waals surface area (Å²) in [6.07, 6.45) is 2.08. The molecule has 1 aliphatic heterocycles. The van der Waals surface area contributed by atoms with Crippen LogP contribution in [-0.2, 0) is 9.53 Å². The monoisotopic (exact) mass is 217 g/mol. The molecule has 0 spiro atoms. The first-order valence-electron chi connectivity index (χ1n) is 4.89. The number of hydrogen-bond acceptors (Lipinski definition) is 3. The Morgan fingerprint density at radius 3 is 2.71 bits per heavy atom. The van der Waals surface area contributed by atoms with Crippen LogP contribution < -0.4 is 0 Å². The summed E-state index contributed by atoms with van der Waals surface area (Å²) in [6, 6.07) is 0.198. The van der Waals surface area contributed by atoms with Gasteiger partial charge in [0.05, 0.1) is 19.3 Å². The number of amides is 1. The summed E-state index contributed by atoms with van der Waals surface area (Å²) in [4.78, 5) is 13.4. The molecule has 0 saturated carbocycles. The Bertz CT molecular complexity index is 218. The molecule has 1 fully saturated rings. The maximum absolute atomic E-state index is 11.4. The van der Waals surface area contributed by atoms with Gasteiger partial charge in [0.1, 0.15) is 0 Å². The maximum Gasteiger partial charge on any atom is 0.219 e. The van der Waals surface area contributed by atoms with Crippen molar-refractivity contribution >= 4 is 17.7 Å². The largest absolute Gasteiger partial charge is 0.377 e. The predicted octanol–water partition coefficient (Wildman–Crippen LogP) is 1.38. The van der Waals surface area contributed by atoms with E-state index in [2.05, 4.69) is 20.1 Å². The maximum atomic E-state index is 11.4. The molecule has 82 valence electrons. The Hall–Kier alpha value is -0.220. The van der Waals surface area contributed by atoms with Crippen molar-refractivity contribution in [2.75, 3.05) is 26.0 Å². The van der Waals surface area contributed by atoms with Gasteiger partial charge >= 0.3 is 0 Å². The second kappa shape index (κ2) is 4.53. The average Bonchev–Trinajstić information content (AvgIpc) is 2.18. The van der Waals surface area contributed by atoms with Crippen molar-refractivity contribution < 1.29 is 9.53 Å². The Kier molecular flexibility index (Phi) is 3.84. The highest BCUT2D eigenvalue weighted by molar-refractivity contribution is 8.00. The number of rotatable bonds is 2. The normalized spacial score (nSPS) is 23.7. The first kappa shape index (κ1) is 11.9. The molecule has 1 atom stereocenters. The minimum atomic E-state index is 0.0616. The number of thioether (sulfide) groups is 1. The first-order valence-corrected chi connectivity index (χ1v) is 6.11. The van der Waals surface area contributed by atoms with Crippen LogP contribution in [0.4, 0.5) is 0 Å².